The second-order valence-electron chi connectivity index (χ2n) is 10.7. The van der Waals surface area contributed by atoms with E-state index in [1.54, 1.807) is 48.5 Å². The zero-order valence-electron chi connectivity index (χ0n) is 23.5. The monoisotopic (exact) mass is 611 g/mol. The molecule has 0 N–H and O–H groups in total. The minimum absolute atomic E-state index is 0.202. The number of halogens is 1. The Kier molecular flexibility index (Phi) is 6.45. The topological polar surface area (TPSA) is 82.1 Å². The molecule has 0 amide bonds. The summed E-state index contributed by atoms with van der Waals surface area (Å²) in [6.07, 6.45) is 3.75. The number of rotatable bonds is 6. The van der Waals surface area contributed by atoms with E-state index in [1.165, 1.54) is 32.7 Å². The first-order valence-electron chi connectivity index (χ1n) is 13.7. The third-order valence-electron chi connectivity index (χ3n) is 8.87. The van der Waals surface area contributed by atoms with E-state index < -0.39 is 23.4 Å². The fourth-order valence-corrected chi connectivity index (χ4v) is 8.10. The van der Waals surface area contributed by atoms with Gasteiger partial charge in [0.1, 0.15) is 11.5 Å². The maximum Gasteiger partial charge on any atom is 0.203 e. The van der Waals surface area contributed by atoms with Crippen molar-refractivity contribution in [3.63, 3.8) is 0 Å². The third kappa shape index (κ3) is 3.63. The van der Waals surface area contributed by atoms with Crippen molar-refractivity contribution in [1.82, 2.24) is 0 Å². The number of ether oxygens (including phenoxy) is 3. The molecule has 3 heterocycles. The largest absolute Gasteiger partial charge is 0.493 e. The lowest BCUT2D eigenvalue weighted by molar-refractivity contribution is 0.0664. The summed E-state index contributed by atoms with van der Waals surface area (Å²) in [5.74, 6) is -0.787. The van der Waals surface area contributed by atoms with Crippen molar-refractivity contribution in [2.75, 3.05) is 26.2 Å². The molecule has 0 radical (unpaired) electrons. The van der Waals surface area contributed by atoms with Crippen molar-refractivity contribution in [2.45, 2.75) is 18.0 Å². The molecule has 1 fully saturated rings. The number of methoxy groups -OCH3 is 3. The Morgan fingerprint density at radius 3 is 2.23 bits per heavy atom. The van der Waals surface area contributed by atoms with Crippen LogP contribution >= 0.6 is 22.9 Å². The average molecular weight is 612 g/mol. The van der Waals surface area contributed by atoms with Crippen molar-refractivity contribution in [2.24, 2.45) is 5.41 Å². The van der Waals surface area contributed by atoms with Gasteiger partial charge in [-0.3, -0.25) is 14.4 Å². The van der Waals surface area contributed by atoms with Crippen LogP contribution in [0, 0.1) is 5.41 Å². The summed E-state index contributed by atoms with van der Waals surface area (Å²) in [7, 11) is 4.51. The number of nitrogens with zero attached hydrogens (tertiary/aromatic N) is 1. The van der Waals surface area contributed by atoms with Crippen LogP contribution in [-0.4, -0.2) is 50.8 Å². The summed E-state index contributed by atoms with van der Waals surface area (Å²) in [4.78, 5) is 46.9. The van der Waals surface area contributed by atoms with E-state index in [9.17, 15) is 14.4 Å². The molecule has 0 unspecified atom stereocenters. The highest BCUT2D eigenvalue weighted by Gasteiger charge is 2.72. The van der Waals surface area contributed by atoms with Crippen LogP contribution in [0.15, 0.2) is 78.2 Å². The van der Waals surface area contributed by atoms with E-state index >= 15 is 0 Å². The highest BCUT2D eigenvalue weighted by atomic mass is 35.5. The molecular formula is C34H26ClNO6S. The van der Waals surface area contributed by atoms with E-state index in [-0.39, 0.29) is 17.3 Å². The molecular weight excluding hydrogens is 586 g/mol. The van der Waals surface area contributed by atoms with Gasteiger partial charge in [-0.2, -0.15) is 0 Å². The van der Waals surface area contributed by atoms with Gasteiger partial charge in [0, 0.05) is 33.3 Å². The van der Waals surface area contributed by atoms with E-state index in [1.807, 2.05) is 40.6 Å². The van der Waals surface area contributed by atoms with E-state index in [2.05, 4.69) is 0 Å². The van der Waals surface area contributed by atoms with Gasteiger partial charge in [0.2, 0.25) is 5.75 Å². The predicted octanol–water partition coefficient (Wildman–Crippen LogP) is 6.74. The van der Waals surface area contributed by atoms with Crippen LogP contribution in [0.2, 0.25) is 5.02 Å². The number of hydrogen-bond donors (Lipinski definition) is 0. The molecule has 7 nitrogen and oxygen atoms in total. The molecule has 1 aromatic heterocycles. The van der Waals surface area contributed by atoms with Crippen molar-refractivity contribution in [3.8, 4) is 17.2 Å². The van der Waals surface area contributed by atoms with Crippen molar-refractivity contribution >= 4 is 52.1 Å². The maximum atomic E-state index is 14.9. The number of Topliss-reactive ketones (excluding diaryl/α,β-unsaturated/α-hetero) is 3. The summed E-state index contributed by atoms with van der Waals surface area (Å²) in [6, 6.07) is 17.7. The lowest BCUT2D eigenvalue weighted by Crippen LogP contribution is -2.48. The molecule has 4 aromatic rings. The van der Waals surface area contributed by atoms with Crippen LogP contribution < -0.4 is 19.1 Å². The van der Waals surface area contributed by atoms with Crippen LogP contribution in [0.1, 0.15) is 47.4 Å². The molecule has 3 aliphatic rings. The molecule has 3 atom stereocenters. The predicted molar refractivity (Wildman–Crippen MR) is 166 cm³/mol. The smallest absolute Gasteiger partial charge is 0.203 e. The van der Waals surface area contributed by atoms with Gasteiger partial charge in [0.15, 0.2) is 28.8 Å². The minimum atomic E-state index is -1.68. The Bertz CT molecular complexity index is 1810. The molecule has 1 spiro atoms. The van der Waals surface area contributed by atoms with Crippen LogP contribution in [0.4, 0.5) is 5.69 Å². The zero-order valence-corrected chi connectivity index (χ0v) is 25.1. The van der Waals surface area contributed by atoms with Gasteiger partial charge >= 0.3 is 0 Å². The molecule has 2 aliphatic heterocycles. The highest BCUT2D eigenvalue weighted by Crippen LogP contribution is 2.63. The Morgan fingerprint density at radius 1 is 0.884 bits per heavy atom. The molecule has 9 heteroatoms. The molecule has 1 aliphatic carbocycles. The molecule has 3 aromatic carbocycles. The standard InChI is InChI=1S/C34H26ClNO6S/c1-40-24-14-12-22(30(41-2)31(24)42-3)27-28(29(37)25-9-6-16-43-25)36-23-13-11-19(35)17-18(23)10-15-26(36)34(27)32(38)20-7-4-5-8-21(20)33(34)39/h4-17,26-28H,1-3H3/t26-,27+,28+/m0/s1. The first kappa shape index (κ1) is 27.4. The van der Waals surface area contributed by atoms with E-state index in [0.717, 1.165) is 5.56 Å². The molecule has 216 valence electrons. The van der Waals surface area contributed by atoms with Crippen LogP contribution in [-0.2, 0) is 0 Å². The summed E-state index contributed by atoms with van der Waals surface area (Å²) in [5.41, 5.74) is 1.01. The van der Waals surface area contributed by atoms with Crippen LogP contribution in [0.3, 0.4) is 0 Å². The second-order valence-corrected chi connectivity index (χ2v) is 12.1. The fraction of sp³-hybridized carbons (Fsp3) is 0.206. The normalized spacial score (nSPS) is 21.0. The van der Waals surface area contributed by atoms with Crippen molar-refractivity contribution in [1.29, 1.82) is 0 Å². The number of anilines is 1. The van der Waals surface area contributed by atoms with Gasteiger partial charge in [0.05, 0.1) is 32.2 Å². The van der Waals surface area contributed by atoms with E-state index in [0.29, 0.717) is 49.5 Å². The van der Waals surface area contributed by atoms with Gasteiger partial charge in [-0.15, -0.1) is 11.3 Å². The Balaban J connectivity index is 1.59. The number of carbonyl (C=O) groups is 3. The molecule has 7 rings (SSSR count). The third-order valence-corrected chi connectivity index (χ3v) is 9.99. The van der Waals surface area contributed by atoms with Gasteiger partial charge in [-0.25, -0.2) is 0 Å². The minimum Gasteiger partial charge on any atom is -0.493 e. The lowest BCUT2D eigenvalue weighted by Gasteiger charge is -2.37. The summed E-state index contributed by atoms with van der Waals surface area (Å²) >= 11 is 7.71. The number of ketones is 3. The first-order valence-corrected chi connectivity index (χ1v) is 15.0. The Hall–Kier alpha value is -4.40. The maximum absolute atomic E-state index is 14.9. The van der Waals surface area contributed by atoms with Crippen molar-refractivity contribution in [3.05, 3.63) is 110 Å². The van der Waals surface area contributed by atoms with E-state index in [4.69, 9.17) is 25.8 Å². The molecule has 0 saturated carbocycles. The van der Waals surface area contributed by atoms with Crippen LogP contribution in [0.5, 0.6) is 17.2 Å². The fourth-order valence-electron chi connectivity index (χ4n) is 7.22. The summed E-state index contributed by atoms with van der Waals surface area (Å²) < 4.78 is 17.2. The SMILES string of the molecule is COc1ccc([C@@H]2[C@H](C(=O)c3cccs3)N3c4ccc(Cl)cc4C=C[C@H]3C23C(=O)c2ccccc2C3=O)c(OC)c1OC. The number of thiophene rings is 1. The Morgan fingerprint density at radius 2 is 1.60 bits per heavy atom. The average Bonchev–Trinajstić information content (AvgIpc) is 3.73. The molecule has 1 saturated heterocycles. The Labute approximate surface area is 257 Å². The van der Waals surface area contributed by atoms with Gasteiger partial charge in [-0.1, -0.05) is 60.2 Å². The van der Waals surface area contributed by atoms with Crippen LogP contribution in [0.25, 0.3) is 6.08 Å². The van der Waals surface area contributed by atoms with Gasteiger partial charge in [-0.05, 0) is 41.3 Å². The highest BCUT2D eigenvalue weighted by molar-refractivity contribution is 7.12. The van der Waals surface area contributed by atoms with Crippen molar-refractivity contribution < 1.29 is 28.6 Å². The molecule has 0 bridgehead atoms. The second kappa shape index (κ2) is 10.1. The first-order chi connectivity index (χ1) is 20.9. The van der Waals surface area contributed by atoms with Gasteiger partial charge in [0.25, 0.3) is 0 Å². The number of carbonyl (C=O) groups excluding carboxylic acids is 3. The zero-order chi connectivity index (χ0) is 30.0. The van der Waals surface area contributed by atoms with Gasteiger partial charge < -0.3 is 19.1 Å². The summed E-state index contributed by atoms with van der Waals surface area (Å²) in [6.45, 7) is 0. The number of hydrogen-bond acceptors (Lipinski definition) is 8. The lowest BCUT2D eigenvalue weighted by atomic mass is 9.64. The molecule has 43 heavy (non-hydrogen) atoms. The number of benzene rings is 3. The number of fused-ring (bicyclic) bond motifs is 5. The quantitative estimate of drug-likeness (QED) is 0.176. The summed E-state index contributed by atoms with van der Waals surface area (Å²) in [5, 5.41) is 2.38.